The highest BCUT2D eigenvalue weighted by atomic mass is 16.5. The van der Waals surface area contributed by atoms with Crippen LogP contribution in [0, 0.1) is 0 Å². The van der Waals surface area contributed by atoms with E-state index in [4.69, 9.17) is 10.5 Å². The van der Waals surface area contributed by atoms with Gasteiger partial charge in [-0.2, -0.15) is 0 Å². The maximum Gasteiger partial charge on any atom is 0.0750 e. The molecule has 0 aromatic rings. The minimum absolute atomic E-state index is 0.0473. The molecule has 0 saturated heterocycles. The van der Waals surface area contributed by atoms with Crippen LogP contribution in [0.25, 0.3) is 0 Å². The Kier molecular flexibility index (Phi) is 5.03. The molecule has 15 heavy (non-hydrogen) atoms. The van der Waals surface area contributed by atoms with Crippen molar-refractivity contribution in [2.45, 2.75) is 64.1 Å². The zero-order valence-corrected chi connectivity index (χ0v) is 10.4. The molecule has 0 unspecified atom stereocenters. The summed E-state index contributed by atoms with van der Waals surface area (Å²) in [5.74, 6) is 0. The van der Waals surface area contributed by atoms with Gasteiger partial charge in [0.05, 0.1) is 5.60 Å². The summed E-state index contributed by atoms with van der Waals surface area (Å²) in [5.41, 5.74) is 5.83. The van der Waals surface area contributed by atoms with Crippen molar-refractivity contribution < 1.29 is 4.74 Å². The topological polar surface area (TPSA) is 47.3 Å². The minimum atomic E-state index is -0.0473. The molecule has 1 aliphatic carbocycles. The molecule has 0 aromatic heterocycles. The first kappa shape index (κ1) is 12.9. The van der Waals surface area contributed by atoms with E-state index in [-0.39, 0.29) is 5.60 Å². The summed E-state index contributed by atoms with van der Waals surface area (Å²) in [7, 11) is 0. The third-order valence-corrected chi connectivity index (χ3v) is 3.12. The second-order valence-electron chi connectivity index (χ2n) is 5.19. The summed E-state index contributed by atoms with van der Waals surface area (Å²) in [6.45, 7) is 8.03. The molecular weight excluding hydrogens is 188 g/mol. The number of ether oxygens (including phenoxy) is 1. The third kappa shape index (κ3) is 4.96. The fourth-order valence-corrected chi connectivity index (χ4v) is 2.16. The summed E-state index contributed by atoms with van der Waals surface area (Å²) >= 11 is 0. The summed E-state index contributed by atoms with van der Waals surface area (Å²) in [5, 5.41) is 3.59. The van der Waals surface area contributed by atoms with Gasteiger partial charge in [-0.05, 0) is 46.5 Å². The lowest BCUT2D eigenvalue weighted by Crippen LogP contribution is -2.45. The third-order valence-electron chi connectivity index (χ3n) is 3.12. The Hall–Kier alpha value is -0.120. The van der Waals surface area contributed by atoms with Gasteiger partial charge in [0.15, 0.2) is 0 Å². The van der Waals surface area contributed by atoms with Crippen LogP contribution in [0.4, 0.5) is 0 Å². The fraction of sp³-hybridized carbons (Fsp3) is 1.00. The summed E-state index contributed by atoms with van der Waals surface area (Å²) in [4.78, 5) is 0. The highest BCUT2D eigenvalue weighted by Crippen LogP contribution is 2.18. The van der Waals surface area contributed by atoms with Crippen molar-refractivity contribution in [2.75, 3.05) is 13.2 Å². The molecule has 3 nitrogen and oxygen atoms in total. The molecule has 3 N–H and O–H groups in total. The first-order chi connectivity index (χ1) is 7.03. The summed E-state index contributed by atoms with van der Waals surface area (Å²) in [6, 6.07) is 1.08. The Balaban J connectivity index is 2.19. The van der Waals surface area contributed by atoms with Gasteiger partial charge >= 0.3 is 0 Å². The van der Waals surface area contributed by atoms with Crippen molar-refractivity contribution in [3.05, 3.63) is 0 Å². The predicted molar refractivity (Wildman–Crippen MR) is 63.9 cm³/mol. The quantitative estimate of drug-likeness (QED) is 0.731. The molecule has 0 aromatic carbocycles. The van der Waals surface area contributed by atoms with Gasteiger partial charge in [-0.15, -0.1) is 0 Å². The van der Waals surface area contributed by atoms with Crippen LogP contribution < -0.4 is 11.1 Å². The van der Waals surface area contributed by atoms with Gasteiger partial charge < -0.3 is 15.8 Å². The maximum absolute atomic E-state index is 5.87. The van der Waals surface area contributed by atoms with Crippen molar-refractivity contribution in [2.24, 2.45) is 5.73 Å². The molecule has 1 fully saturated rings. The smallest absolute Gasteiger partial charge is 0.0750 e. The second-order valence-corrected chi connectivity index (χ2v) is 5.19. The molecule has 3 heteroatoms. The van der Waals surface area contributed by atoms with Gasteiger partial charge in [-0.3, -0.25) is 0 Å². The van der Waals surface area contributed by atoms with Crippen LogP contribution >= 0.6 is 0 Å². The lowest BCUT2D eigenvalue weighted by Gasteiger charge is -2.31. The first-order valence-corrected chi connectivity index (χ1v) is 6.16. The predicted octanol–water partition coefficient (Wildman–Crippen LogP) is 1.66. The molecule has 0 radical (unpaired) electrons. The minimum Gasteiger partial charge on any atom is -0.375 e. The zero-order chi connectivity index (χ0) is 11.3. The van der Waals surface area contributed by atoms with Crippen molar-refractivity contribution in [1.29, 1.82) is 0 Å². The van der Waals surface area contributed by atoms with Crippen LogP contribution in [0.3, 0.4) is 0 Å². The maximum atomic E-state index is 5.87. The number of hydrogen-bond acceptors (Lipinski definition) is 3. The second kappa shape index (κ2) is 5.83. The molecule has 0 spiro atoms. The Morgan fingerprint density at radius 1 is 1.27 bits per heavy atom. The van der Waals surface area contributed by atoms with Crippen molar-refractivity contribution in [3.8, 4) is 0 Å². The Morgan fingerprint density at radius 2 is 1.87 bits per heavy atom. The largest absolute Gasteiger partial charge is 0.375 e. The number of hydrogen-bond donors (Lipinski definition) is 2. The molecule has 0 aliphatic heterocycles. The van der Waals surface area contributed by atoms with E-state index in [1.807, 2.05) is 6.92 Å². The molecular formula is C12H26N2O. The lowest BCUT2D eigenvalue weighted by molar-refractivity contribution is -0.0114. The SMILES string of the molecule is CCOC(C)(C)CNC1CCC(N)CC1. The lowest BCUT2D eigenvalue weighted by atomic mass is 9.91. The van der Waals surface area contributed by atoms with Crippen LogP contribution in [0.15, 0.2) is 0 Å². The number of nitrogens with one attached hydrogen (secondary N) is 1. The highest BCUT2D eigenvalue weighted by Gasteiger charge is 2.22. The Morgan fingerprint density at radius 3 is 2.40 bits per heavy atom. The van der Waals surface area contributed by atoms with Gasteiger partial charge in [0.2, 0.25) is 0 Å². The normalized spacial score (nSPS) is 28.0. The summed E-state index contributed by atoms with van der Waals surface area (Å²) < 4.78 is 5.65. The highest BCUT2D eigenvalue weighted by molar-refractivity contribution is 4.81. The van der Waals surface area contributed by atoms with Crippen molar-refractivity contribution in [3.63, 3.8) is 0 Å². The standard InChI is InChI=1S/C12H26N2O/c1-4-15-12(2,3)9-14-11-7-5-10(13)6-8-11/h10-11,14H,4-9,13H2,1-3H3. The van der Waals surface area contributed by atoms with Gasteiger partial charge in [0.1, 0.15) is 0 Å². The van der Waals surface area contributed by atoms with Gasteiger partial charge in [0, 0.05) is 25.2 Å². The Bertz CT molecular complexity index is 174. The van der Waals surface area contributed by atoms with E-state index < -0.39 is 0 Å². The molecule has 1 saturated carbocycles. The molecule has 0 bridgehead atoms. The molecule has 0 amide bonds. The van der Waals surface area contributed by atoms with Crippen LogP contribution in [0.1, 0.15) is 46.5 Å². The van der Waals surface area contributed by atoms with Crippen molar-refractivity contribution >= 4 is 0 Å². The monoisotopic (exact) mass is 214 g/mol. The van der Waals surface area contributed by atoms with Gasteiger partial charge in [-0.25, -0.2) is 0 Å². The molecule has 0 heterocycles. The Labute approximate surface area is 93.8 Å². The molecule has 0 atom stereocenters. The van der Waals surface area contributed by atoms with Gasteiger partial charge in [0.25, 0.3) is 0 Å². The number of nitrogens with two attached hydrogens (primary N) is 1. The van der Waals surface area contributed by atoms with Gasteiger partial charge in [-0.1, -0.05) is 0 Å². The molecule has 1 aliphatic rings. The average Bonchev–Trinajstić information content (AvgIpc) is 2.17. The van der Waals surface area contributed by atoms with Crippen LogP contribution in [0.5, 0.6) is 0 Å². The average molecular weight is 214 g/mol. The van der Waals surface area contributed by atoms with E-state index >= 15 is 0 Å². The van der Waals surface area contributed by atoms with Crippen LogP contribution in [0.2, 0.25) is 0 Å². The van der Waals surface area contributed by atoms with E-state index in [0.717, 1.165) is 26.0 Å². The van der Waals surface area contributed by atoms with E-state index in [2.05, 4.69) is 19.2 Å². The van der Waals surface area contributed by atoms with E-state index in [9.17, 15) is 0 Å². The summed E-state index contributed by atoms with van der Waals surface area (Å²) in [6.07, 6.45) is 4.74. The van der Waals surface area contributed by atoms with E-state index in [0.29, 0.717) is 12.1 Å². The van der Waals surface area contributed by atoms with Crippen LogP contribution in [-0.2, 0) is 4.74 Å². The van der Waals surface area contributed by atoms with E-state index in [1.165, 1.54) is 12.8 Å². The van der Waals surface area contributed by atoms with E-state index in [1.54, 1.807) is 0 Å². The first-order valence-electron chi connectivity index (χ1n) is 6.16. The molecule has 1 rings (SSSR count). The van der Waals surface area contributed by atoms with Crippen LogP contribution in [-0.4, -0.2) is 30.8 Å². The number of rotatable bonds is 5. The fourth-order valence-electron chi connectivity index (χ4n) is 2.16. The van der Waals surface area contributed by atoms with Crippen molar-refractivity contribution in [1.82, 2.24) is 5.32 Å². The zero-order valence-electron chi connectivity index (χ0n) is 10.4. The molecule has 90 valence electrons.